The quantitative estimate of drug-likeness (QED) is 0.803. The molecule has 1 aliphatic rings. The van der Waals surface area contributed by atoms with Gasteiger partial charge in [0.05, 0.1) is 6.10 Å². The lowest BCUT2D eigenvalue weighted by atomic mass is 9.65. The summed E-state index contributed by atoms with van der Waals surface area (Å²) in [7, 11) is 0. The van der Waals surface area contributed by atoms with E-state index in [4.69, 9.17) is 0 Å². The van der Waals surface area contributed by atoms with Crippen molar-refractivity contribution in [3.8, 4) is 0 Å². The largest absolute Gasteiger partial charge is 0.388 e. The maximum absolute atomic E-state index is 10.9. The molecule has 1 heterocycles. The van der Waals surface area contributed by atoms with Crippen molar-refractivity contribution in [3.63, 3.8) is 0 Å². The van der Waals surface area contributed by atoms with E-state index in [9.17, 15) is 5.11 Å². The van der Waals surface area contributed by atoms with Crippen LogP contribution in [0.5, 0.6) is 0 Å². The number of fused-ring (bicyclic) bond motifs is 1. The molecule has 0 spiro atoms. The third-order valence-electron chi connectivity index (χ3n) is 4.80. The van der Waals surface area contributed by atoms with E-state index < -0.39 is 0 Å². The van der Waals surface area contributed by atoms with Crippen LogP contribution >= 0.6 is 11.3 Å². The average Bonchev–Trinajstić information content (AvgIpc) is 2.85. The second-order valence-electron chi connectivity index (χ2n) is 6.47. The van der Waals surface area contributed by atoms with Crippen LogP contribution in [0.3, 0.4) is 0 Å². The Bertz CT molecular complexity index is 569. The zero-order valence-corrected chi connectivity index (χ0v) is 12.5. The van der Waals surface area contributed by atoms with Gasteiger partial charge in [0.15, 0.2) is 0 Å². The van der Waals surface area contributed by atoms with Crippen LogP contribution in [0.25, 0.3) is 10.1 Å². The second-order valence-corrected chi connectivity index (χ2v) is 7.39. The van der Waals surface area contributed by atoms with E-state index in [1.807, 2.05) is 0 Å². The summed E-state index contributed by atoms with van der Waals surface area (Å²) in [6.45, 7) is 4.63. The molecule has 1 aromatic heterocycles. The molecule has 0 bridgehead atoms. The Balaban J connectivity index is 1.99. The Morgan fingerprint density at radius 2 is 2.11 bits per heavy atom. The molecule has 2 unspecified atom stereocenters. The molecule has 1 fully saturated rings. The summed E-state index contributed by atoms with van der Waals surface area (Å²) < 4.78 is 1.26. The molecule has 0 amide bonds. The number of hydrogen-bond donors (Lipinski definition) is 1. The molecule has 3 rings (SSSR count). The molecule has 0 aliphatic heterocycles. The van der Waals surface area contributed by atoms with Gasteiger partial charge in [0, 0.05) is 4.70 Å². The van der Waals surface area contributed by atoms with Gasteiger partial charge in [-0.05, 0) is 46.6 Å². The van der Waals surface area contributed by atoms with Crippen LogP contribution in [0.4, 0.5) is 0 Å². The highest BCUT2D eigenvalue weighted by molar-refractivity contribution is 7.17. The molecule has 1 N–H and O–H groups in total. The van der Waals surface area contributed by atoms with E-state index in [-0.39, 0.29) is 11.5 Å². The molecular formula is C17H22OS. The van der Waals surface area contributed by atoms with Crippen LogP contribution in [0, 0.1) is 11.3 Å². The summed E-state index contributed by atoms with van der Waals surface area (Å²) in [6.07, 6.45) is 4.62. The SMILES string of the molecule is CC1(C)CCCCC1C(O)c1cccc2ccsc12. The van der Waals surface area contributed by atoms with Gasteiger partial charge >= 0.3 is 0 Å². The zero-order chi connectivity index (χ0) is 13.5. The minimum absolute atomic E-state index is 0.247. The van der Waals surface area contributed by atoms with Gasteiger partial charge in [-0.3, -0.25) is 0 Å². The van der Waals surface area contributed by atoms with Crippen LogP contribution in [0.15, 0.2) is 29.6 Å². The van der Waals surface area contributed by atoms with Crippen molar-refractivity contribution < 1.29 is 5.11 Å². The predicted molar refractivity (Wildman–Crippen MR) is 82.5 cm³/mol. The Morgan fingerprint density at radius 3 is 2.89 bits per heavy atom. The van der Waals surface area contributed by atoms with Crippen molar-refractivity contribution in [1.82, 2.24) is 0 Å². The van der Waals surface area contributed by atoms with Crippen molar-refractivity contribution in [2.75, 3.05) is 0 Å². The van der Waals surface area contributed by atoms with Crippen LogP contribution in [-0.4, -0.2) is 5.11 Å². The lowest BCUT2D eigenvalue weighted by Crippen LogP contribution is -2.32. The number of thiophene rings is 1. The van der Waals surface area contributed by atoms with Crippen molar-refractivity contribution in [2.45, 2.75) is 45.6 Å². The van der Waals surface area contributed by atoms with Crippen LogP contribution < -0.4 is 0 Å². The summed E-state index contributed by atoms with van der Waals surface area (Å²) in [5, 5.41) is 14.3. The van der Waals surface area contributed by atoms with Gasteiger partial charge in [-0.1, -0.05) is 44.9 Å². The monoisotopic (exact) mass is 274 g/mol. The fraction of sp³-hybridized carbons (Fsp3) is 0.529. The van der Waals surface area contributed by atoms with Gasteiger partial charge in [-0.15, -0.1) is 11.3 Å². The topological polar surface area (TPSA) is 20.2 Å². The number of benzene rings is 1. The summed E-state index contributed by atoms with van der Waals surface area (Å²) >= 11 is 1.75. The first-order valence-electron chi connectivity index (χ1n) is 7.24. The summed E-state index contributed by atoms with van der Waals surface area (Å²) in [4.78, 5) is 0. The lowest BCUT2D eigenvalue weighted by Gasteiger charge is -2.41. The Labute approximate surface area is 119 Å². The molecule has 1 aliphatic carbocycles. The molecule has 2 atom stereocenters. The number of aliphatic hydroxyl groups is 1. The van der Waals surface area contributed by atoms with E-state index in [0.717, 1.165) is 12.0 Å². The Morgan fingerprint density at radius 1 is 1.26 bits per heavy atom. The number of aliphatic hydroxyl groups excluding tert-OH is 1. The van der Waals surface area contributed by atoms with Gasteiger partial charge in [0.1, 0.15) is 0 Å². The third kappa shape index (κ3) is 2.32. The molecule has 1 aromatic carbocycles. The van der Waals surface area contributed by atoms with Crippen molar-refractivity contribution in [3.05, 3.63) is 35.2 Å². The zero-order valence-electron chi connectivity index (χ0n) is 11.7. The summed E-state index contributed by atoms with van der Waals surface area (Å²) in [5.41, 5.74) is 1.38. The molecule has 19 heavy (non-hydrogen) atoms. The number of hydrogen-bond acceptors (Lipinski definition) is 2. The Hall–Kier alpha value is -0.860. The minimum Gasteiger partial charge on any atom is -0.388 e. The first kappa shape index (κ1) is 13.1. The Kier molecular flexibility index (Phi) is 3.40. The summed E-state index contributed by atoms with van der Waals surface area (Å²) in [6, 6.07) is 8.45. The second kappa shape index (κ2) is 4.92. The predicted octanol–water partition coefficient (Wildman–Crippen LogP) is 5.15. The van der Waals surface area contributed by atoms with Crippen molar-refractivity contribution in [2.24, 2.45) is 11.3 Å². The molecule has 0 radical (unpaired) electrons. The normalized spacial score (nSPS) is 24.5. The van der Waals surface area contributed by atoms with E-state index in [1.54, 1.807) is 11.3 Å². The maximum Gasteiger partial charge on any atom is 0.0837 e. The van der Waals surface area contributed by atoms with Gasteiger partial charge in [-0.2, -0.15) is 0 Å². The van der Waals surface area contributed by atoms with Gasteiger partial charge in [0.2, 0.25) is 0 Å². The van der Waals surface area contributed by atoms with Crippen molar-refractivity contribution >= 4 is 21.4 Å². The standard InChI is InChI=1S/C17H22OS/c1-17(2)10-4-3-8-14(17)15(18)13-7-5-6-12-9-11-19-16(12)13/h5-7,9,11,14-15,18H,3-4,8,10H2,1-2H3. The fourth-order valence-electron chi connectivity index (χ4n) is 3.57. The highest BCUT2D eigenvalue weighted by Crippen LogP contribution is 2.48. The lowest BCUT2D eigenvalue weighted by molar-refractivity contribution is 0.00476. The van der Waals surface area contributed by atoms with E-state index >= 15 is 0 Å². The molecule has 1 nitrogen and oxygen atoms in total. The smallest absolute Gasteiger partial charge is 0.0837 e. The highest BCUT2D eigenvalue weighted by atomic mass is 32.1. The van der Waals surface area contributed by atoms with E-state index in [0.29, 0.717) is 5.92 Å². The molecule has 2 heteroatoms. The maximum atomic E-state index is 10.9. The molecule has 1 saturated carbocycles. The number of rotatable bonds is 2. The third-order valence-corrected chi connectivity index (χ3v) is 5.78. The van der Waals surface area contributed by atoms with Crippen LogP contribution in [0.1, 0.15) is 51.2 Å². The molecular weight excluding hydrogens is 252 g/mol. The first-order valence-corrected chi connectivity index (χ1v) is 8.12. The van der Waals surface area contributed by atoms with E-state index in [1.165, 1.54) is 29.3 Å². The molecule has 0 saturated heterocycles. The first-order chi connectivity index (χ1) is 9.09. The van der Waals surface area contributed by atoms with Gasteiger partial charge in [-0.25, -0.2) is 0 Å². The minimum atomic E-state index is -0.322. The average molecular weight is 274 g/mol. The molecule has 102 valence electrons. The van der Waals surface area contributed by atoms with Crippen LogP contribution in [0.2, 0.25) is 0 Å². The molecule has 2 aromatic rings. The highest BCUT2D eigenvalue weighted by Gasteiger charge is 2.37. The van der Waals surface area contributed by atoms with Gasteiger partial charge < -0.3 is 5.11 Å². The van der Waals surface area contributed by atoms with E-state index in [2.05, 4.69) is 43.5 Å². The fourth-order valence-corrected chi connectivity index (χ4v) is 4.52. The van der Waals surface area contributed by atoms with Crippen LogP contribution in [-0.2, 0) is 0 Å². The van der Waals surface area contributed by atoms with Gasteiger partial charge in [0.25, 0.3) is 0 Å². The van der Waals surface area contributed by atoms with Crippen molar-refractivity contribution in [1.29, 1.82) is 0 Å². The summed E-state index contributed by atoms with van der Waals surface area (Å²) in [5.74, 6) is 0.383.